The van der Waals surface area contributed by atoms with E-state index in [1.807, 2.05) is 36.2 Å². The van der Waals surface area contributed by atoms with Gasteiger partial charge in [0.2, 0.25) is 5.91 Å². The number of nitrogens with one attached hydrogen (secondary N) is 1. The lowest BCUT2D eigenvalue weighted by Gasteiger charge is -2.33. The molecule has 0 unspecified atom stereocenters. The van der Waals surface area contributed by atoms with E-state index < -0.39 is 12.2 Å². The molecular weight excluding hydrogens is 418 g/mol. The van der Waals surface area contributed by atoms with Crippen molar-refractivity contribution in [2.75, 3.05) is 26.8 Å². The number of carbonyl (C=O) groups excluding carboxylic acids is 1. The van der Waals surface area contributed by atoms with Crippen LogP contribution in [0, 0.1) is 0 Å². The Morgan fingerprint density at radius 1 is 1.12 bits per heavy atom. The summed E-state index contributed by atoms with van der Waals surface area (Å²) in [7, 11) is 1.83. The van der Waals surface area contributed by atoms with E-state index >= 15 is 0 Å². The molecule has 0 bridgehead atoms. The van der Waals surface area contributed by atoms with E-state index in [-0.39, 0.29) is 18.2 Å². The molecule has 0 radical (unpaired) electrons. The molecule has 2 aliphatic rings. The Morgan fingerprint density at radius 3 is 2.62 bits per heavy atom. The first-order chi connectivity index (χ1) is 15.4. The first kappa shape index (κ1) is 22.3. The molecule has 1 heterocycles. The summed E-state index contributed by atoms with van der Waals surface area (Å²) in [6.07, 6.45) is 3.83. The van der Waals surface area contributed by atoms with E-state index in [1.165, 1.54) is 6.07 Å². The Bertz CT molecular complexity index is 947. The quantitative estimate of drug-likeness (QED) is 0.662. The molecule has 0 aromatic heterocycles. The maximum absolute atomic E-state index is 12.9. The second-order valence-corrected chi connectivity index (χ2v) is 8.39. The van der Waals surface area contributed by atoms with E-state index in [4.69, 9.17) is 9.47 Å². The second kappa shape index (κ2) is 9.73. The number of amides is 1. The zero-order valence-electron chi connectivity index (χ0n) is 18.1. The van der Waals surface area contributed by atoms with Gasteiger partial charge in [0.15, 0.2) is 11.5 Å². The first-order valence-electron chi connectivity index (χ1n) is 10.9. The number of benzene rings is 2. The summed E-state index contributed by atoms with van der Waals surface area (Å²) in [6.45, 7) is -1.18. The van der Waals surface area contributed by atoms with Gasteiger partial charge in [0.25, 0.3) is 0 Å². The summed E-state index contributed by atoms with van der Waals surface area (Å²) in [6, 6.07) is 12.4. The van der Waals surface area contributed by atoms with E-state index in [9.17, 15) is 13.6 Å². The van der Waals surface area contributed by atoms with Gasteiger partial charge in [-0.3, -0.25) is 9.69 Å². The largest absolute Gasteiger partial charge is 0.486 e. The Balaban J connectivity index is 1.40. The van der Waals surface area contributed by atoms with Gasteiger partial charge in [-0.15, -0.1) is 0 Å². The average Bonchev–Trinajstić information content (AvgIpc) is 3.22. The van der Waals surface area contributed by atoms with E-state index in [1.54, 1.807) is 12.1 Å². The highest BCUT2D eigenvalue weighted by atomic mass is 19.3. The standard InChI is InChI=1S/C24H28F2N2O4/c1-28(15-17-5-4-6-19(13-17)32-23(25)26)16-22(29)27-24(9-2-3-10-24)18-7-8-20-21(14-18)31-12-11-30-20/h4-8,13-14,23H,2-3,9-12,15-16H2,1H3,(H,27,29). The molecule has 6 nitrogen and oxygen atoms in total. The van der Waals surface area contributed by atoms with Gasteiger partial charge in [0.05, 0.1) is 12.1 Å². The summed E-state index contributed by atoms with van der Waals surface area (Å²) < 4.78 is 40.7. The minimum atomic E-state index is -2.86. The number of hydrogen-bond donors (Lipinski definition) is 1. The first-order valence-corrected chi connectivity index (χ1v) is 10.9. The highest BCUT2D eigenvalue weighted by molar-refractivity contribution is 5.79. The SMILES string of the molecule is CN(CC(=O)NC1(c2ccc3c(c2)OCCO3)CCCC1)Cc1cccc(OC(F)F)c1. The highest BCUT2D eigenvalue weighted by Crippen LogP contribution is 2.42. The molecule has 2 aromatic rings. The van der Waals surface area contributed by atoms with Gasteiger partial charge < -0.3 is 19.5 Å². The third-order valence-electron chi connectivity index (χ3n) is 5.92. The molecule has 8 heteroatoms. The molecule has 0 spiro atoms. The molecule has 4 rings (SSSR count). The van der Waals surface area contributed by atoms with Gasteiger partial charge in [-0.2, -0.15) is 8.78 Å². The number of fused-ring (bicyclic) bond motifs is 1. The number of rotatable bonds is 8. The summed E-state index contributed by atoms with van der Waals surface area (Å²) in [5.74, 6) is 1.48. The zero-order valence-corrected chi connectivity index (χ0v) is 18.1. The highest BCUT2D eigenvalue weighted by Gasteiger charge is 2.38. The fourth-order valence-corrected chi connectivity index (χ4v) is 4.54. The van der Waals surface area contributed by atoms with E-state index in [0.717, 1.165) is 48.3 Å². The van der Waals surface area contributed by atoms with Gasteiger partial charge in [-0.05, 0) is 55.3 Å². The normalized spacial score (nSPS) is 16.9. The summed E-state index contributed by atoms with van der Waals surface area (Å²) in [4.78, 5) is 14.8. The molecule has 1 aliphatic carbocycles. The minimum Gasteiger partial charge on any atom is -0.486 e. The van der Waals surface area contributed by atoms with Crippen molar-refractivity contribution in [2.24, 2.45) is 0 Å². The lowest BCUT2D eigenvalue weighted by molar-refractivity contribution is -0.124. The van der Waals surface area contributed by atoms with Crippen LogP contribution in [0.25, 0.3) is 0 Å². The van der Waals surface area contributed by atoms with Crippen LogP contribution in [-0.4, -0.2) is 44.2 Å². The van der Waals surface area contributed by atoms with Crippen LogP contribution in [-0.2, 0) is 16.9 Å². The van der Waals surface area contributed by atoms with Crippen molar-refractivity contribution in [3.8, 4) is 17.2 Å². The summed E-state index contributed by atoms with van der Waals surface area (Å²) >= 11 is 0. The minimum absolute atomic E-state index is 0.0794. The second-order valence-electron chi connectivity index (χ2n) is 8.39. The predicted molar refractivity (Wildman–Crippen MR) is 115 cm³/mol. The monoisotopic (exact) mass is 446 g/mol. The van der Waals surface area contributed by atoms with Crippen molar-refractivity contribution in [3.05, 3.63) is 53.6 Å². The number of alkyl halides is 2. The smallest absolute Gasteiger partial charge is 0.387 e. The fraction of sp³-hybridized carbons (Fsp3) is 0.458. The van der Waals surface area contributed by atoms with Gasteiger partial charge in [0.1, 0.15) is 19.0 Å². The summed E-state index contributed by atoms with van der Waals surface area (Å²) in [5.41, 5.74) is 1.41. The van der Waals surface area contributed by atoms with Crippen LogP contribution in [0.15, 0.2) is 42.5 Å². The molecule has 1 aliphatic heterocycles. The number of likely N-dealkylation sites (N-methyl/N-ethyl adjacent to an activating group) is 1. The molecule has 2 aromatic carbocycles. The number of ether oxygens (including phenoxy) is 3. The lowest BCUT2D eigenvalue weighted by atomic mass is 9.87. The van der Waals surface area contributed by atoms with Gasteiger partial charge in [-0.25, -0.2) is 0 Å². The molecule has 0 saturated heterocycles. The van der Waals surface area contributed by atoms with Crippen molar-refractivity contribution in [2.45, 2.75) is 44.4 Å². The number of nitrogens with zero attached hydrogens (tertiary/aromatic N) is 1. The third-order valence-corrected chi connectivity index (χ3v) is 5.92. The van der Waals surface area contributed by atoms with Crippen molar-refractivity contribution in [1.82, 2.24) is 10.2 Å². The Hall–Kier alpha value is -2.87. The molecule has 172 valence electrons. The van der Waals surface area contributed by atoms with Crippen LogP contribution in [0.4, 0.5) is 8.78 Å². The van der Waals surface area contributed by atoms with Crippen LogP contribution >= 0.6 is 0 Å². The predicted octanol–water partition coefficient (Wildman–Crippen LogP) is 4.08. The maximum atomic E-state index is 12.9. The van der Waals surface area contributed by atoms with Crippen LogP contribution in [0.5, 0.6) is 17.2 Å². The van der Waals surface area contributed by atoms with Crippen LogP contribution in [0.1, 0.15) is 36.8 Å². The van der Waals surface area contributed by atoms with Crippen LogP contribution in [0.2, 0.25) is 0 Å². The Kier molecular flexibility index (Phi) is 6.79. The van der Waals surface area contributed by atoms with E-state index in [0.29, 0.717) is 19.8 Å². The van der Waals surface area contributed by atoms with Crippen molar-refractivity contribution in [3.63, 3.8) is 0 Å². The number of halogens is 2. The topological polar surface area (TPSA) is 60.0 Å². The molecule has 32 heavy (non-hydrogen) atoms. The van der Waals surface area contributed by atoms with Crippen LogP contribution < -0.4 is 19.5 Å². The van der Waals surface area contributed by atoms with Gasteiger partial charge >= 0.3 is 6.61 Å². The van der Waals surface area contributed by atoms with Crippen molar-refractivity contribution < 1.29 is 27.8 Å². The molecule has 1 amide bonds. The molecule has 1 N–H and O–H groups in total. The van der Waals surface area contributed by atoms with Crippen molar-refractivity contribution >= 4 is 5.91 Å². The summed E-state index contributed by atoms with van der Waals surface area (Å²) in [5, 5.41) is 3.27. The number of hydrogen-bond acceptors (Lipinski definition) is 5. The molecule has 1 fully saturated rings. The maximum Gasteiger partial charge on any atom is 0.387 e. The van der Waals surface area contributed by atoms with Crippen molar-refractivity contribution in [1.29, 1.82) is 0 Å². The van der Waals surface area contributed by atoms with Crippen LogP contribution in [0.3, 0.4) is 0 Å². The van der Waals surface area contributed by atoms with Gasteiger partial charge in [-0.1, -0.05) is 31.0 Å². The number of carbonyl (C=O) groups is 1. The molecule has 1 saturated carbocycles. The van der Waals surface area contributed by atoms with Gasteiger partial charge in [0, 0.05) is 6.54 Å². The molecule has 0 atom stereocenters. The fourth-order valence-electron chi connectivity index (χ4n) is 4.54. The average molecular weight is 446 g/mol. The Morgan fingerprint density at radius 2 is 1.88 bits per heavy atom. The lowest BCUT2D eigenvalue weighted by Crippen LogP contribution is -2.47. The molecular formula is C24H28F2N2O4. The Labute approximate surface area is 186 Å². The van der Waals surface area contributed by atoms with E-state index in [2.05, 4.69) is 10.1 Å². The third kappa shape index (κ3) is 5.30. The zero-order chi connectivity index (χ0) is 22.6.